The lowest BCUT2D eigenvalue weighted by Gasteiger charge is -2.33. The number of piperidine rings is 1. The third kappa shape index (κ3) is 6.52. The number of aliphatic hydroxyl groups is 1. The number of aromatic nitrogens is 4. The maximum atomic E-state index is 13.5. The molecule has 2 aromatic heterocycles. The molecule has 1 aromatic carbocycles. The fourth-order valence-corrected chi connectivity index (χ4v) is 6.13. The summed E-state index contributed by atoms with van der Waals surface area (Å²) in [7, 11) is 0. The van der Waals surface area contributed by atoms with Crippen molar-refractivity contribution in [2.75, 3.05) is 26.3 Å². The van der Waals surface area contributed by atoms with E-state index >= 15 is 0 Å². The highest BCUT2D eigenvalue weighted by Gasteiger charge is 2.32. The fraction of sp³-hybridized carbons (Fsp3) is 0.560. The molecule has 0 radical (unpaired) electrons. The molecule has 14 heteroatoms. The van der Waals surface area contributed by atoms with Gasteiger partial charge in [-0.15, -0.1) is 19.5 Å². The van der Waals surface area contributed by atoms with Crippen LogP contribution in [0.5, 0.6) is 5.75 Å². The van der Waals surface area contributed by atoms with Crippen molar-refractivity contribution >= 4 is 16.9 Å². The monoisotopic (exact) mass is 562 g/mol. The van der Waals surface area contributed by atoms with Crippen LogP contribution in [-0.4, -0.2) is 71.0 Å². The molecule has 0 spiro atoms. The van der Waals surface area contributed by atoms with E-state index in [4.69, 9.17) is 9.84 Å². The quantitative estimate of drug-likeness (QED) is 0.190. The zero-order valence-corrected chi connectivity index (χ0v) is 23.1. The number of aryl methyl sites for hydroxylation is 2. The molecule has 0 bridgehead atoms. The first kappa shape index (κ1) is 28.8. The Kier molecular flexibility index (Phi) is 9.43. The number of nitrogens with one attached hydrogen (secondary N) is 1. The van der Waals surface area contributed by atoms with Gasteiger partial charge in [0.2, 0.25) is 0 Å². The lowest BCUT2D eigenvalue weighted by Crippen LogP contribution is -2.41. The van der Waals surface area contributed by atoms with Gasteiger partial charge in [0, 0.05) is 25.6 Å². The summed E-state index contributed by atoms with van der Waals surface area (Å²) < 4.78 is 22.8. The Morgan fingerprint density at radius 2 is 2.05 bits per heavy atom. The molecule has 2 unspecified atom stereocenters. The number of benzene rings is 1. The molecule has 0 saturated carbocycles. The van der Waals surface area contributed by atoms with Crippen LogP contribution in [0.15, 0.2) is 27.9 Å². The summed E-state index contributed by atoms with van der Waals surface area (Å²) in [5.74, 6) is 1.45. The van der Waals surface area contributed by atoms with Gasteiger partial charge in [-0.25, -0.2) is 9.50 Å². The Hall–Kier alpha value is -3.20. The second kappa shape index (κ2) is 12.8. The van der Waals surface area contributed by atoms with Crippen molar-refractivity contribution in [2.24, 2.45) is 5.92 Å². The molecule has 4 rings (SSSR count). The minimum Gasteiger partial charge on any atom is -0.593 e. The molecular weight excluding hydrogens is 528 g/mol. The maximum absolute atomic E-state index is 13.5. The predicted octanol–water partition coefficient (Wildman–Crippen LogP) is 2.44. The van der Waals surface area contributed by atoms with Crippen molar-refractivity contribution in [3.05, 3.63) is 50.2 Å². The predicted molar refractivity (Wildman–Crippen MR) is 143 cm³/mol. The van der Waals surface area contributed by atoms with Gasteiger partial charge in [-0.2, -0.15) is 0 Å². The molecule has 1 fully saturated rings. The van der Waals surface area contributed by atoms with Crippen LogP contribution in [0.2, 0.25) is 0 Å². The molecule has 1 saturated heterocycles. The molecule has 3 heterocycles. The minimum atomic E-state index is -1.50. The van der Waals surface area contributed by atoms with Crippen molar-refractivity contribution in [3.8, 4) is 17.1 Å². The van der Waals surface area contributed by atoms with Gasteiger partial charge in [0.15, 0.2) is 16.2 Å². The number of aliphatic hydroxyl groups excluding tert-OH is 1. The van der Waals surface area contributed by atoms with E-state index in [0.29, 0.717) is 78.0 Å². The second-order valence-electron chi connectivity index (χ2n) is 9.45. The first-order chi connectivity index (χ1) is 18.7. The van der Waals surface area contributed by atoms with Crippen LogP contribution in [0.1, 0.15) is 51.0 Å². The lowest BCUT2D eigenvalue weighted by molar-refractivity contribution is -0.758. The van der Waals surface area contributed by atoms with Gasteiger partial charge in [0.05, 0.1) is 41.9 Å². The van der Waals surface area contributed by atoms with Gasteiger partial charge in [-0.1, -0.05) is 6.92 Å². The van der Waals surface area contributed by atoms with Gasteiger partial charge in [0.25, 0.3) is 10.6 Å². The molecule has 1 aliphatic heterocycles. The first-order valence-corrected chi connectivity index (χ1v) is 14.2. The van der Waals surface area contributed by atoms with Gasteiger partial charge in [-0.05, 0) is 57.6 Å². The van der Waals surface area contributed by atoms with Crippen molar-refractivity contribution in [1.29, 1.82) is 0 Å². The largest absolute Gasteiger partial charge is 0.593 e. The van der Waals surface area contributed by atoms with Crippen molar-refractivity contribution in [1.82, 2.24) is 23.9 Å². The fourth-order valence-electron chi connectivity index (χ4n) is 4.89. The summed E-state index contributed by atoms with van der Waals surface area (Å²) in [4.78, 5) is 35.5. The van der Waals surface area contributed by atoms with E-state index in [9.17, 15) is 24.6 Å². The zero-order chi connectivity index (χ0) is 28.1. The highest BCUT2D eigenvalue weighted by molar-refractivity contribution is 7.89. The van der Waals surface area contributed by atoms with Crippen molar-refractivity contribution in [2.45, 2.75) is 63.9 Å². The molecule has 212 valence electrons. The first-order valence-electron chi connectivity index (χ1n) is 13.1. The molecule has 13 nitrogen and oxygen atoms in total. The van der Waals surface area contributed by atoms with Crippen LogP contribution in [0.4, 0.5) is 0 Å². The average molecular weight is 563 g/mol. The SMILES string of the molecule is CCCc1nc(C)c2c(=O)[nH]c(-c3cc([S+]([O-])N4CCC(C(O)CCO[N+](=O)[O-])CC4)ccc3OCC)nn12. The van der Waals surface area contributed by atoms with Crippen LogP contribution < -0.4 is 10.3 Å². The lowest BCUT2D eigenvalue weighted by atomic mass is 9.91. The number of H-pyrrole nitrogens is 1. The summed E-state index contributed by atoms with van der Waals surface area (Å²) in [5, 5.41) is 24.5. The van der Waals surface area contributed by atoms with Crippen LogP contribution >= 0.6 is 0 Å². The molecule has 1 aliphatic rings. The smallest absolute Gasteiger partial charge is 0.294 e. The number of imidazole rings is 1. The summed E-state index contributed by atoms with van der Waals surface area (Å²) in [5.41, 5.74) is 1.21. The topological polar surface area (TPSA) is 171 Å². The number of fused-ring (bicyclic) bond motifs is 1. The normalized spacial score (nSPS) is 16.3. The van der Waals surface area contributed by atoms with E-state index in [2.05, 4.69) is 14.8 Å². The molecule has 39 heavy (non-hydrogen) atoms. The average Bonchev–Trinajstić information content (AvgIpc) is 3.24. The Balaban J connectivity index is 1.56. The third-order valence-electron chi connectivity index (χ3n) is 6.81. The molecule has 2 atom stereocenters. The minimum absolute atomic E-state index is 0.0542. The van der Waals surface area contributed by atoms with E-state index in [-0.39, 0.29) is 24.5 Å². The third-order valence-corrected chi connectivity index (χ3v) is 8.30. The summed E-state index contributed by atoms with van der Waals surface area (Å²) in [6.07, 6.45) is 2.16. The number of hydrogen-bond acceptors (Lipinski definition) is 10. The van der Waals surface area contributed by atoms with Crippen molar-refractivity contribution in [3.63, 3.8) is 0 Å². The van der Waals surface area contributed by atoms with E-state index in [1.54, 1.807) is 29.6 Å². The van der Waals surface area contributed by atoms with E-state index in [1.165, 1.54) is 0 Å². The maximum Gasteiger partial charge on any atom is 0.294 e. The van der Waals surface area contributed by atoms with Crippen LogP contribution in [-0.2, 0) is 22.6 Å². The Morgan fingerprint density at radius 1 is 1.31 bits per heavy atom. The molecular formula is C25H34N6O7S. The summed E-state index contributed by atoms with van der Waals surface area (Å²) in [6.45, 7) is 6.89. The number of aromatic amines is 1. The van der Waals surface area contributed by atoms with Gasteiger partial charge in [-0.3, -0.25) is 4.79 Å². The molecule has 2 N–H and O–H groups in total. The van der Waals surface area contributed by atoms with Crippen LogP contribution in [0, 0.1) is 23.0 Å². The Bertz CT molecular complexity index is 1350. The highest BCUT2D eigenvalue weighted by atomic mass is 32.2. The van der Waals surface area contributed by atoms with Gasteiger partial charge >= 0.3 is 0 Å². The van der Waals surface area contributed by atoms with E-state index in [0.717, 1.165) is 6.42 Å². The summed E-state index contributed by atoms with van der Waals surface area (Å²) >= 11 is -1.50. The van der Waals surface area contributed by atoms with Gasteiger partial charge < -0.3 is 24.2 Å². The number of nitrogens with zero attached hydrogens (tertiary/aromatic N) is 5. The van der Waals surface area contributed by atoms with Crippen LogP contribution in [0.25, 0.3) is 16.9 Å². The Labute approximate surface area is 228 Å². The van der Waals surface area contributed by atoms with Crippen LogP contribution in [0.3, 0.4) is 0 Å². The van der Waals surface area contributed by atoms with Crippen molar-refractivity contribution < 1.29 is 24.3 Å². The van der Waals surface area contributed by atoms with Gasteiger partial charge in [0.1, 0.15) is 11.6 Å². The standard InChI is InChI=1S/C25H34N6O7S/c1-4-6-22-26-16(3)23-25(33)27-24(28-30(22)23)19-15-18(7-8-21(19)37-5-2)39(36)29-12-9-17(10-13-29)20(32)11-14-38-31(34)35/h7-8,15,17,20,32H,4-6,9-14H2,1-3H3,(H,27,28,33). The van der Waals surface area contributed by atoms with E-state index in [1.807, 2.05) is 18.2 Å². The highest BCUT2D eigenvalue weighted by Crippen LogP contribution is 2.33. The number of hydrogen-bond donors (Lipinski definition) is 2. The number of rotatable bonds is 12. The Morgan fingerprint density at radius 3 is 2.72 bits per heavy atom. The van der Waals surface area contributed by atoms with E-state index < -0.39 is 22.6 Å². The molecule has 3 aromatic rings. The second-order valence-corrected chi connectivity index (χ2v) is 10.9. The zero-order valence-electron chi connectivity index (χ0n) is 22.3. The summed E-state index contributed by atoms with van der Waals surface area (Å²) in [6, 6.07) is 5.19. The molecule has 0 amide bonds. The molecule has 0 aliphatic carbocycles. The number of ether oxygens (including phenoxy) is 1.